The number of fused-ring (bicyclic) bond motifs is 3. The summed E-state index contributed by atoms with van der Waals surface area (Å²) in [6, 6.07) is 3.37. The number of sulfonamides is 1. The number of nitrogens with zero attached hydrogens (tertiary/aromatic N) is 5. The number of aliphatic imine (C=N–C) groups is 1. The fraction of sp³-hybridized carbons (Fsp3) is 0.435. The van der Waals surface area contributed by atoms with E-state index >= 15 is 0 Å². The lowest BCUT2D eigenvalue weighted by Gasteiger charge is -2.37. The van der Waals surface area contributed by atoms with Gasteiger partial charge in [-0.15, -0.1) is 0 Å². The number of anilines is 1. The van der Waals surface area contributed by atoms with Gasteiger partial charge in [-0.25, -0.2) is 18.1 Å². The third-order valence-corrected chi connectivity index (χ3v) is 8.23. The van der Waals surface area contributed by atoms with E-state index in [4.69, 9.17) is 2.74 Å². The van der Waals surface area contributed by atoms with Crippen molar-refractivity contribution < 1.29 is 28.6 Å². The first-order chi connectivity index (χ1) is 18.1. The summed E-state index contributed by atoms with van der Waals surface area (Å²) in [4.78, 5) is 20.5. The van der Waals surface area contributed by atoms with Gasteiger partial charge in [0, 0.05) is 24.3 Å². The number of aryl methyl sites for hydroxylation is 1. The Morgan fingerprint density at radius 2 is 2.05 bits per heavy atom. The molecule has 3 heterocycles. The van der Waals surface area contributed by atoms with Crippen LogP contribution in [-0.2, 0) is 37.9 Å². The number of carbonyl (C=O) groups excluding carboxylic acids is 1. The standard InChI is InChI=1S/C23H26N6O6S2/c1-23(8-9-23)26-37(33,34)18-6-7-20-19(11-18)21(30)28(15-16-12-25-27(2)14-16)22-24-13-17(29(20)22)5-4-10-35-36(3,31)32/h6-7,11-12,14,17,26H,8-10,13,15H2,1-3H3/i15D2. The zero-order valence-corrected chi connectivity index (χ0v) is 21.9. The average Bonchev–Trinajstić information content (AvgIpc) is 3.20. The van der Waals surface area contributed by atoms with Crippen LogP contribution in [0.3, 0.4) is 0 Å². The van der Waals surface area contributed by atoms with E-state index in [-0.39, 0.29) is 28.5 Å². The van der Waals surface area contributed by atoms with Crippen LogP contribution in [-0.4, -0.2) is 74.4 Å². The van der Waals surface area contributed by atoms with Crippen molar-refractivity contribution in [2.45, 2.75) is 42.7 Å². The van der Waals surface area contributed by atoms with Gasteiger partial charge >= 0.3 is 0 Å². The smallest absolute Gasteiger partial charge is 0.265 e. The Bertz CT molecular complexity index is 1670. The molecule has 12 nitrogen and oxygen atoms in total. The molecule has 14 heteroatoms. The van der Waals surface area contributed by atoms with E-state index in [0.29, 0.717) is 18.5 Å². The van der Waals surface area contributed by atoms with Crippen LogP contribution in [0.25, 0.3) is 0 Å². The van der Waals surface area contributed by atoms with E-state index in [0.717, 1.165) is 11.2 Å². The van der Waals surface area contributed by atoms with Crippen molar-refractivity contribution in [3.63, 3.8) is 0 Å². The van der Waals surface area contributed by atoms with Crippen LogP contribution >= 0.6 is 0 Å². The summed E-state index contributed by atoms with van der Waals surface area (Å²) in [5.41, 5.74) is -0.194. The Labute approximate surface area is 218 Å². The summed E-state index contributed by atoms with van der Waals surface area (Å²) in [5.74, 6) is 4.72. The van der Waals surface area contributed by atoms with Crippen molar-refractivity contribution in [1.82, 2.24) is 19.4 Å². The minimum atomic E-state index is -3.96. The second-order valence-electron chi connectivity index (χ2n) is 9.31. The van der Waals surface area contributed by atoms with Crippen LogP contribution in [0.1, 0.15) is 38.4 Å². The van der Waals surface area contributed by atoms with Gasteiger partial charge in [0.1, 0.15) is 12.6 Å². The predicted molar refractivity (Wildman–Crippen MR) is 135 cm³/mol. The molecule has 2 aromatic rings. The number of hydrogen-bond acceptors (Lipinski definition) is 9. The van der Waals surface area contributed by atoms with Crippen molar-refractivity contribution in [3.05, 3.63) is 41.7 Å². The number of guanidine groups is 1. The Balaban J connectivity index is 1.59. The number of carbonyl (C=O) groups is 1. The van der Waals surface area contributed by atoms with Gasteiger partial charge in [-0.1, -0.05) is 11.8 Å². The molecule has 5 rings (SSSR count). The predicted octanol–water partition coefficient (Wildman–Crippen LogP) is 0.431. The topological polar surface area (TPSA) is 143 Å². The zero-order chi connectivity index (χ0) is 28.4. The van der Waals surface area contributed by atoms with E-state index in [1.54, 1.807) is 18.9 Å². The Morgan fingerprint density at radius 3 is 2.70 bits per heavy atom. The Hall–Kier alpha value is -3.25. The summed E-state index contributed by atoms with van der Waals surface area (Å²) in [6.45, 7) is -0.960. The molecule has 1 aromatic carbocycles. The average molecular weight is 549 g/mol. The van der Waals surface area contributed by atoms with Crippen LogP contribution in [0.2, 0.25) is 0 Å². The van der Waals surface area contributed by atoms with Gasteiger partial charge < -0.3 is 0 Å². The quantitative estimate of drug-likeness (QED) is 0.388. The summed E-state index contributed by atoms with van der Waals surface area (Å²) in [7, 11) is -6.05. The molecule has 0 bridgehead atoms. The molecule has 1 aromatic heterocycles. The molecule has 3 aliphatic rings. The SMILES string of the molecule is [2H]C([2H])(c1cnn(C)c1)N1C(=O)c2cc(S(=O)(=O)NC3(C)CC3)ccc2N2C1=NCC2C#CCOS(C)(=O)=O. The molecular formula is C23H26N6O6S2. The maximum Gasteiger partial charge on any atom is 0.265 e. The lowest BCUT2D eigenvalue weighted by atomic mass is 10.1. The number of hydrogen-bond donors (Lipinski definition) is 1. The van der Waals surface area contributed by atoms with Gasteiger partial charge in [-0.2, -0.15) is 13.5 Å². The molecule has 0 saturated heterocycles. The fourth-order valence-corrected chi connectivity index (χ4v) is 5.75. The summed E-state index contributed by atoms with van der Waals surface area (Å²) >= 11 is 0. The molecule has 1 fully saturated rings. The van der Waals surface area contributed by atoms with Gasteiger partial charge in [0.25, 0.3) is 16.0 Å². The van der Waals surface area contributed by atoms with Crippen molar-refractivity contribution >= 4 is 37.7 Å². The molecule has 37 heavy (non-hydrogen) atoms. The van der Waals surface area contributed by atoms with Gasteiger partial charge in [-0.3, -0.25) is 23.5 Å². The highest BCUT2D eigenvalue weighted by Gasteiger charge is 2.44. The van der Waals surface area contributed by atoms with Crippen LogP contribution in [0.5, 0.6) is 0 Å². The van der Waals surface area contributed by atoms with Gasteiger partial charge in [0.15, 0.2) is 0 Å². The van der Waals surface area contributed by atoms with Crippen LogP contribution < -0.4 is 9.62 Å². The zero-order valence-electron chi connectivity index (χ0n) is 22.3. The molecular weight excluding hydrogens is 520 g/mol. The first kappa shape index (κ1) is 22.9. The highest BCUT2D eigenvalue weighted by Crippen LogP contribution is 2.38. The Kier molecular flexibility index (Phi) is 5.54. The van der Waals surface area contributed by atoms with E-state index in [2.05, 4.69) is 30.8 Å². The second-order valence-corrected chi connectivity index (χ2v) is 12.6. The molecule has 2 aliphatic heterocycles. The second kappa shape index (κ2) is 8.95. The summed E-state index contributed by atoms with van der Waals surface area (Å²) < 4.78 is 75.2. The van der Waals surface area contributed by atoms with E-state index in [9.17, 15) is 21.6 Å². The van der Waals surface area contributed by atoms with Crippen molar-refractivity contribution in [3.8, 4) is 11.8 Å². The first-order valence-corrected chi connectivity index (χ1v) is 14.6. The number of rotatable bonds is 7. The largest absolute Gasteiger partial charge is 0.295 e. The fourth-order valence-electron chi connectivity index (χ4n) is 3.98. The molecule has 1 saturated carbocycles. The lowest BCUT2D eigenvalue weighted by molar-refractivity contribution is 0.0833. The first-order valence-electron chi connectivity index (χ1n) is 12.3. The number of benzene rings is 1. The third-order valence-electron chi connectivity index (χ3n) is 6.04. The lowest BCUT2D eigenvalue weighted by Crippen LogP contribution is -2.52. The van der Waals surface area contributed by atoms with E-state index in [1.165, 1.54) is 35.3 Å². The van der Waals surface area contributed by atoms with E-state index < -0.39 is 50.7 Å². The maximum atomic E-state index is 13.9. The van der Waals surface area contributed by atoms with Gasteiger partial charge in [0.2, 0.25) is 16.0 Å². The molecule has 1 N–H and O–H groups in total. The minimum absolute atomic E-state index is 0.0103. The molecule has 1 aliphatic carbocycles. The van der Waals surface area contributed by atoms with Gasteiger partial charge in [-0.05, 0) is 38.0 Å². The normalized spacial score (nSPS) is 21.3. The molecule has 1 atom stereocenters. The molecule has 0 spiro atoms. The summed E-state index contributed by atoms with van der Waals surface area (Å²) in [6.07, 6.45) is 5.03. The van der Waals surface area contributed by atoms with Crippen molar-refractivity contribution in [1.29, 1.82) is 0 Å². The third kappa shape index (κ3) is 5.26. The highest BCUT2D eigenvalue weighted by molar-refractivity contribution is 7.89. The molecule has 0 radical (unpaired) electrons. The monoisotopic (exact) mass is 548 g/mol. The van der Waals surface area contributed by atoms with Crippen molar-refractivity contribution in [2.75, 3.05) is 24.3 Å². The van der Waals surface area contributed by atoms with Crippen molar-refractivity contribution in [2.24, 2.45) is 12.0 Å². The van der Waals surface area contributed by atoms with Crippen LogP contribution in [0.4, 0.5) is 5.69 Å². The highest BCUT2D eigenvalue weighted by atomic mass is 32.2. The summed E-state index contributed by atoms with van der Waals surface area (Å²) in [5, 5.41) is 4.02. The number of nitrogens with one attached hydrogen (secondary N) is 1. The van der Waals surface area contributed by atoms with Gasteiger partial charge in [0.05, 0.1) is 44.4 Å². The maximum absolute atomic E-state index is 13.9. The number of amides is 1. The molecule has 1 unspecified atom stereocenters. The number of aromatic nitrogens is 2. The van der Waals surface area contributed by atoms with Crippen LogP contribution in [0, 0.1) is 11.8 Å². The Morgan fingerprint density at radius 1 is 1.30 bits per heavy atom. The minimum Gasteiger partial charge on any atom is -0.295 e. The van der Waals surface area contributed by atoms with E-state index in [1.807, 2.05) is 0 Å². The van der Waals surface area contributed by atoms with Crippen LogP contribution in [0.15, 0.2) is 40.5 Å². The molecule has 196 valence electrons. The molecule has 1 amide bonds.